The van der Waals surface area contributed by atoms with E-state index in [0.29, 0.717) is 29.5 Å². The van der Waals surface area contributed by atoms with Gasteiger partial charge in [-0.1, -0.05) is 12.1 Å². The van der Waals surface area contributed by atoms with Crippen molar-refractivity contribution in [1.82, 2.24) is 19.9 Å². The fraction of sp³-hybridized carbons (Fsp3) is 0.480. The number of imidazole rings is 1. The lowest BCUT2D eigenvalue weighted by Crippen LogP contribution is -2.39. The van der Waals surface area contributed by atoms with E-state index in [4.69, 9.17) is 5.73 Å². The molecule has 6 rings (SSSR count). The smallest absolute Gasteiger partial charge is 0.160 e. The van der Waals surface area contributed by atoms with Crippen LogP contribution in [0.4, 0.5) is 11.5 Å². The van der Waals surface area contributed by atoms with Crippen molar-refractivity contribution in [2.24, 2.45) is 11.8 Å². The average Bonchev–Trinajstić information content (AvgIpc) is 3.38. The normalized spacial score (nSPS) is 26.7. The van der Waals surface area contributed by atoms with E-state index in [1.807, 2.05) is 13.0 Å². The summed E-state index contributed by atoms with van der Waals surface area (Å²) in [5, 5.41) is 3.66. The van der Waals surface area contributed by atoms with Gasteiger partial charge in [0.1, 0.15) is 22.9 Å². The number of hydrogen-bond donors (Lipinski definition) is 3. The number of aromatic nitrogens is 3. The maximum atomic E-state index is 12.3. The molecule has 3 atom stereocenters. The summed E-state index contributed by atoms with van der Waals surface area (Å²) in [6.07, 6.45) is 5.16. The van der Waals surface area contributed by atoms with Gasteiger partial charge in [0.05, 0.1) is 6.04 Å². The van der Waals surface area contributed by atoms with Gasteiger partial charge in [-0.05, 0) is 69.3 Å². The van der Waals surface area contributed by atoms with E-state index in [1.165, 1.54) is 16.8 Å². The number of nitrogens with two attached hydrogens (primary N) is 1. The van der Waals surface area contributed by atoms with Crippen molar-refractivity contribution < 1.29 is 4.79 Å². The quantitative estimate of drug-likeness (QED) is 0.583. The molecule has 0 amide bonds. The lowest BCUT2D eigenvalue weighted by molar-refractivity contribution is -0.127. The van der Waals surface area contributed by atoms with Gasteiger partial charge in [0, 0.05) is 35.7 Å². The van der Waals surface area contributed by atoms with Gasteiger partial charge in [-0.3, -0.25) is 9.69 Å². The highest BCUT2D eigenvalue weighted by Gasteiger charge is 2.42. The summed E-state index contributed by atoms with van der Waals surface area (Å²) in [7, 11) is 2.21. The number of aromatic amines is 1. The van der Waals surface area contributed by atoms with Gasteiger partial charge in [-0.15, -0.1) is 0 Å². The molecule has 0 saturated heterocycles. The zero-order chi connectivity index (χ0) is 22.0. The number of benzene rings is 1. The Labute approximate surface area is 187 Å². The summed E-state index contributed by atoms with van der Waals surface area (Å²) >= 11 is 0. The van der Waals surface area contributed by atoms with Gasteiger partial charge in [0.2, 0.25) is 0 Å². The molecule has 7 heteroatoms. The summed E-state index contributed by atoms with van der Waals surface area (Å²) in [6, 6.07) is 9.35. The first-order valence-corrected chi connectivity index (χ1v) is 11.7. The van der Waals surface area contributed by atoms with E-state index in [0.717, 1.165) is 61.2 Å². The molecule has 2 saturated carbocycles. The maximum absolute atomic E-state index is 12.3. The molecule has 3 heterocycles. The zero-order valence-electron chi connectivity index (χ0n) is 18.7. The first-order valence-electron chi connectivity index (χ1n) is 11.7. The molecule has 1 aromatic carbocycles. The molecule has 1 aliphatic heterocycles. The number of pyridine rings is 1. The molecule has 3 aromatic rings. The highest BCUT2D eigenvalue weighted by Crippen LogP contribution is 2.41. The molecule has 32 heavy (non-hydrogen) atoms. The third kappa shape index (κ3) is 3.26. The Morgan fingerprint density at radius 1 is 1.16 bits per heavy atom. The van der Waals surface area contributed by atoms with Crippen molar-refractivity contribution in [3.8, 4) is 0 Å². The van der Waals surface area contributed by atoms with Crippen molar-refractivity contribution in [2.75, 3.05) is 18.1 Å². The SMILES string of the molecule is Cc1nc2c(C3Cc4cc(CN(C)C5CC6CCC(C5)C6=O)ccc4N3)cc(N)nc2[nH]1. The van der Waals surface area contributed by atoms with Crippen molar-refractivity contribution in [3.05, 3.63) is 46.8 Å². The number of Topliss-reactive ketones (excluding diaryl/α,β-unsaturated/α-hetero) is 1. The summed E-state index contributed by atoms with van der Waals surface area (Å²) in [5.74, 6) is 2.50. The highest BCUT2D eigenvalue weighted by atomic mass is 16.1. The predicted molar refractivity (Wildman–Crippen MR) is 125 cm³/mol. The van der Waals surface area contributed by atoms with Crippen molar-refractivity contribution in [1.29, 1.82) is 0 Å². The van der Waals surface area contributed by atoms with E-state index in [9.17, 15) is 4.79 Å². The van der Waals surface area contributed by atoms with E-state index < -0.39 is 0 Å². The fourth-order valence-electron chi connectivity index (χ4n) is 6.14. The Bertz CT molecular complexity index is 1200. The summed E-state index contributed by atoms with van der Waals surface area (Å²) in [4.78, 5) is 27.0. The van der Waals surface area contributed by atoms with Crippen LogP contribution in [-0.4, -0.2) is 38.7 Å². The van der Waals surface area contributed by atoms with Gasteiger partial charge in [0.15, 0.2) is 5.65 Å². The second kappa shape index (κ2) is 7.30. The number of nitrogens with zero attached hydrogens (tertiary/aromatic N) is 3. The first kappa shape index (κ1) is 19.7. The summed E-state index contributed by atoms with van der Waals surface area (Å²) < 4.78 is 0. The van der Waals surface area contributed by atoms with Crippen LogP contribution in [0.25, 0.3) is 11.2 Å². The average molecular weight is 431 g/mol. The van der Waals surface area contributed by atoms with Gasteiger partial charge in [-0.2, -0.15) is 0 Å². The minimum absolute atomic E-state index is 0.133. The Kier molecular flexibility index (Phi) is 4.50. The number of aryl methyl sites for hydroxylation is 1. The lowest BCUT2D eigenvalue weighted by Gasteiger charge is -2.34. The second-order valence-electron chi connectivity index (χ2n) is 9.96. The number of H-pyrrole nitrogens is 1. The molecule has 4 N–H and O–H groups in total. The summed E-state index contributed by atoms with van der Waals surface area (Å²) in [5.41, 5.74) is 12.6. The molecular formula is C25H30N6O. The van der Waals surface area contributed by atoms with Crippen LogP contribution < -0.4 is 11.1 Å². The number of nitrogen functional groups attached to an aromatic ring is 1. The van der Waals surface area contributed by atoms with Crippen LogP contribution in [0.5, 0.6) is 0 Å². The Hall–Kier alpha value is -2.93. The number of anilines is 2. The first-order chi connectivity index (χ1) is 15.4. The Balaban J connectivity index is 1.19. The number of carbonyl (C=O) groups is 1. The minimum atomic E-state index is 0.133. The minimum Gasteiger partial charge on any atom is -0.384 e. The van der Waals surface area contributed by atoms with Crippen LogP contribution in [-0.2, 0) is 17.8 Å². The molecule has 3 unspecified atom stereocenters. The molecule has 0 spiro atoms. The molecular weight excluding hydrogens is 400 g/mol. The van der Waals surface area contributed by atoms with Crippen molar-refractivity contribution in [3.63, 3.8) is 0 Å². The fourth-order valence-corrected chi connectivity index (χ4v) is 6.14. The topological polar surface area (TPSA) is 99.9 Å². The third-order valence-electron chi connectivity index (χ3n) is 7.76. The number of ketones is 1. The largest absolute Gasteiger partial charge is 0.384 e. The lowest BCUT2D eigenvalue weighted by atomic mass is 9.83. The number of hydrogen-bond acceptors (Lipinski definition) is 6. The van der Waals surface area contributed by atoms with Gasteiger partial charge < -0.3 is 16.0 Å². The van der Waals surface area contributed by atoms with Crippen LogP contribution in [0.15, 0.2) is 24.3 Å². The standard InChI is InChI=1S/C25H30N6O/c1-13-27-23-19(11-22(26)30-25(23)28-13)21-10-17-7-14(3-6-20(17)29-21)12-31(2)18-8-15-4-5-16(9-18)24(15)32/h3,6-7,11,15-16,18,21,29H,4-5,8-10,12H2,1-2H3,(H3,26,27,28,30). The predicted octanol–water partition coefficient (Wildman–Crippen LogP) is 3.75. The zero-order valence-corrected chi connectivity index (χ0v) is 18.7. The number of carbonyl (C=O) groups excluding carboxylic acids is 1. The number of fused-ring (bicyclic) bond motifs is 4. The van der Waals surface area contributed by atoms with Crippen LogP contribution in [0, 0.1) is 18.8 Å². The van der Waals surface area contributed by atoms with Crippen molar-refractivity contribution >= 4 is 28.5 Å². The molecule has 2 bridgehead atoms. The summed E-state index contributed by atoms with van der Waals surface area (Å²) in [6.45, 7) is 2.86. The van der Waals surface area contributed by atoms with Crippen LogP contribution >= 0.6 is 0 Å². The number of nitrogens with one attached hydrogen (secondary N) is 2. The molecule has 2 aromatic heterocycles. The monoisotopic (exact) mass is 430 g/mol. The van der Waals surface area contributed by atoms with Crippen molar-refractivity contribution in [2.45, 2.75) is 57.7 Å². The third-order valence-corrected chi connectivity index (χ3v) is 7.76. The highest BCUT2D eigenvalue weighted by molar-refractivity contribution is 5.86. The molecule has 7 nitrogen and oxygen atoms in total. The van der Waals surface area contributed by atoms with Crippen LogP contribution in [0.1, 0.15) is 54.2 Å². The van der Waals surface area contributed by atoms with Gasteiger partial charge >= 0.3 is 0 Å². The van der Waals surface area contributed by atoms with Crippen LogP contribution in [0.2, 0.25) is 0 Å². The van der Waals surface area contributed by atoms with E-state index in [2.05, 4.69) is 50.4 Å². The van der Waals surface area contributed by atoms with Gasteiger partial charge in [0.25, 0.3) is 0 Å². The molecule has 3 aliphatic rings. The van der Waals surface area contributed by atoms with E-state index in [1.54, 1.807) is 0 Å². The van der Waals surface area contributed by atoms with Gasteiger partial charge in [-0.25, -0.2) is 9.97 Å². The van der Waals surface area contributed by atoms with E-state index >= 15 is 0 Å². The second-order valence-corrected chi connectivity index (χ2v) is 9.96. The number of rotatable bonds is 4. The Morgan fingerprint density at radius 2 is 1.94 bits per heavy atom. The van der Waals surface area contributed by atoms with E-state index in [-0.39, 0.29) is 6.04 Å². The molecule has 2 aliphatic carbocycles. The maximum Gasteiger partial charge on any atom is 0.160 e. The molecule has 2 fully saturated rings. The van der Waals surface area contributed by atoms with Crippen LogP contribution in [0.3, 0.4) is 0 Å². The Morgan fingerprint density at radius 3 is 2.72 bits per heavy atom. The molecule has 166 valence electrons. The molecule has 0 radical (unpaired) electrons.